The molecule has 3 heterocycles. The van der Waals surface area contributed by atoms with Crippen LogP contribution in [0.1, 0.15) is 30.0 Å². The Labute approximate surface area is 219 Å². The second-order valence-electron chi connectivity index (χ2n) is 7.61. The number of fused-ring (bicyclic) bond motifs is 1. The van der Waals surface area contributed by atoms with Crippen molar-refractivity contribution in [3.63, 3.8) is 0 Å². The fraction of sp³-hybridized carbons (Fsp3) is 0.368. The number of nitrogens with one attached hydrogen (secondary N) is 1. The topological polar surface area (TPSA) is 144 Å². The van der Waals surface area contributed by atoms with E-state index in [0.29, 0.717) is 15.6 Å². The van der Waals surface area contributed by atoms with Gasteiger partial charge in [0.1, 0.15) is 34.5 Å². The van der Waals surface area contributed by atoms with Crippen molar-refractivity contribution in [3.05, 3.63) is 39.6 Å². The van der Waals surface area contributed by atoms with Crippen molar-refractivity contribution in [2.45, 2.75) is 43.0 Å². The third-order valence-electron chi connectivity index (χ3n) is 5.25. The summed E-state index contributed by atoms with van der Waals surface area (Å²) in [6, 6.07) is 3.09. The Kier molecular flexibility index (Phi) is 8.04. The van der Waals surface area contributed by atoms with E-state index in [1.165, 1.54) is 16.7 Å². The van der Waals surface area contributed by atoms with Crippen LogP contribution in [0.2, 0.25) is 10.0 Å². The SMILES string of the molecule is Cc1onc(-c2c(Cl)cccc2Cl)c1C(=O)N[C@H]1C(=O)N2[C@H]1SC(C)(C)[C@H]2C(=O)O.O.[Na]. The summed E-state index contributed by atoms with van der Waals surface area (Å²) in [7, 11) is 0. The molecule has 1 radical (unpaired) electrons. The summed E-state index contributed by atoms with van der Waals surface area (Å²) >= 11 is 13.8. The Hall–Kier alpha value is -1.27. The van der Waals surface area contributed by atoms with Gasteiger partial charge in [-0.3, -0.25) is 9.59 Å². The first-order chi connectivity index (χ1) is 14.0. The van der Waals surface area contributed by atoms with Crippen LogP contribution >= 0.6 is 35.0 Å². The molecule has 4 rings (SSSR count). The second kappa shape index (κ2) is 9.54. The zero-order chi connectivity index (χ0) is 22.0. The van der Waals surface area contributed by atoms with Crippen LogP contribution in [0.15, 0.2) is 22.7 Å². The fourth-order valence-corrected chi connectivity index (χ4v) is 6.09. The van der Waals surface area contributed by atoms with E-state index in [2.05, 4.69) is 10.5 Å². The maximum Gasteiger partial charge on any atom is 0.327 e. The molecule has 3 atom stereocenters. The number of carboxylic acid groups (broad SMARTS) is 1. The van der Waals surface area contributed by atoms with Gasteiger partial charge in [0.15, 0.2) is 0 Å². The fourth-order valence-electron chi connectivity index (χ4n) is 3.89. The average Bonchev–Trinajstić information content (AvgIpc) is 3.14. The Morgan fingerprint density at radius 2 is 1.88 bits per heavy atom. The summed E-state index contributed by atoms with van der Waals surface area (Å²) in [5.74, 6) is -1.84. The number of carboxylic acids is 1. The molecule has 1 aromatic heterocycles. The van der Waals surface area contributed by atoms with Crippen LogP contribution in [0.4, 0.5) is 0 Å². The quantitative estimate of drug-likeness (QED) is 0.472. The van der Waals surface area contributed by atoms with Crippen LogP contribution in [-0.4, -0.2) is 90.2 Å². The molecule has 1 aromatic carbocycles. The predicted molar refractivity (Wildman–Crippen MR) is 121 cm³/mol. The number of aliphatic carboxylic acids is 1. The molecule has 9 nitrogen and oxygen atoms in total. The smallest absolute Gasteiger partial charge is 0.327 e. The van der Waals surface area contributed by atoms with Gasteiger partial charge in [0.2, 0.25) is 5.91 Å². The molecule has 0 aliphatic carbocycles. The third kappa shape index (κ3) is 4.18. The van der Waals surface area contributed by atoms with Crippen LogP contribution in [0.5, 0.6) is 0 Å². The molecule has 167 valence electrons. The second-order valence-corrected chi connectivity index (χ2v) is 10.2. The van der Waals surface area contributed by atoms with E-state index in [0.717, 1.165) is 0 Å². The van der Waals surface area contributed by atoms with Gasteiger partial charge in [-0.2, -0.15) is 0 Å². The summed E-state index contributed by atoms with van der Waals surface area (Å²) in [5, 5.41) is 16.3. The molecule has 0 spiro atoms. The summed E-state index contributed by atoms with van der Waals surface area (Å²) in [5.41, 5.74) is 0.645. The molecule has 2 aliphatic rings. The number of hydrogen-bond donors (Lipinski definition) is 2. The zero-order valence-corrected chi connectivity index (χ0v) is 21.9. The van der Waals surface area contributed by atoms with Crippen LogP contribution in [-0.2, 0) is 9.59 Å². The number of halogens is 2. The van der Waals surface area contributed by atoms with Crippen LogP contribution in [0.3, 0.4) is 0 Å². The minimum atomic E-state index is -1.07. The number of aromatic nitrogens is 1. The molecule has 2 fully saturated rings. The number of thioether (sulfide) groups is 1. The standard InChI is InChI=1S/C19H17Cl2N3O5S.Na.H2O/c1-7-10(12(23-29-7)11-8(20)5-4-6-9(11)21)15(25)22-13-16(26)24-14(18(27)28)19(2,3)30-17(13)24;;/h4-6,13-14,17H,1-3H3,(H,22,25)(H,27,28);;1H2/t13-,14+,17-;;/m0../s1. The van der Waals surface area contributed by atoms with E-state index in [-0.39, 0.29) is 52.1 Å². The number of aryl methyl sites for hydroxylation is 1. The predicted octanol–water partition coefficient (Wildman–Crippen LogP) is 2.00. The Morgan fingerprint density at radius 3 is 2.44 bits per heavy atom. The van der Waals surface area contributed by atoms with E-state index < -0.39 is 40.0 Å². The van der Waals surface area contributed by atoms with Gasteiger partial charge < -0.3 is 25.3 Å². The molecule has 32 heavy (non-hydrogen) atoms. The van der Waals surface area contributed by atoms with E-state index in [1.807, 2.05) is 0 Å². The number of benzene rings is 1. The van der Waals surface area contributed by atoms with Crippen molar-refractivity contribution in [1.29, 1.82) is 0 Å². The molecular formula is C19H19Cl2N3NaO6S. The minimum Gasteiger partial charge on any atom is -0.480 e. The van der Waals surface area contributed by atoms with Crippen molar-refractivity contribution < 1.29 is 29.5 Å². The van der Waals surface area contributed by atoms with Gasteiger partial charge in [0, 0.05) is 39.9 Å². The molecule has 2 amide bonds. The van der Waals surface area contributed by atoms with Crippen molar-refractivity contribution in [1.82, 2.24) is 15.4 Å². The number of hydrogen-bond acceptors (Lipinski definition) is 6. The maximum absolute atomic E-state index is 13.1. The Morgan fingerprint density at radius 1 is 1.28 bits per heavy atom. The van der Waals surface area contributed by atoms with Gasteiger partial charge >= 0.3 is 5.97 Å². The number of amides is 2. The molecule has 0 bridgehead atoms. The first kappa shape index (κ1) is 27.0. The van der Waals surface area contributed by atoms with Gasteiger partial charge in [0.05, 0.1) is 10.0 Å². The number of carbonyl (C=O) groups excluding carboxylic acids is 2. The maximum atomic E-state index is 13.1. The first-order valence-corrected chi connectivity index (χ1v) is 10.6. The minimum absolute atomic E-state index is 0. The molecule has 2 aromatic rings. The molecule has 4 N–H and O–H groups in total. The molecule has 2 aliphatic heterocycles. The van der Waals surface area contributed by atoms with Gasteiger partial charge in [-0.15, -0.1) is 11.8 Å². The molecule has 13 heteroatoms. The number of rotatable bonds is 4. The molecule has 0 unspecified atom stereocenters. The largest absolute Gasteiger partial charge is 0.480 e. The normalized spacial score (nSPS) is 22.8. The molecule has 2 saturated heterocycles. The van der Waals surface area contributed by atoms with Crippen LogP contribution < -0.4 is 5.32 Å². The number of β-lactam (4-membered cyclic amide) rings is 1. The first-order valence-electron chi connectivity index (χ1n) is 8.99. The number of carbonyl (C=O) groups is 3. The monoisotopic (exact) mass is 510 g/mol. The van der Waals surface area contributed by atoms with Crippen molar-refractivity contribution in [3.8, 4) is 11.3 Å². The Bertz CT molecular complexity index is 1070. The number of nitrogens with zero attached hydrogens (tertiary/aromatic N) is 2. The third-order valence-corrected chi connectivity index (χ3v) is 7.45. The van der Waals surface area contributed by atoms with Crippen molar-refractivity contribution in [2.75, 3.05) is 0 Å². The molecule has 0 saturated carbocycles. The summed E-state index contributed by atoms with van der Waals surface area (Å²) < 4.78 is 4.52. The summed E-state index contributed by atoms with van der Waals surface area (Å²) in [6.07, 6.45) is 0. The van der Waals surface area contributed by atoms with E-state index in [1.54, 1.807) is 39.0 Å². The average molecular weight is 511 g/mol. The van der Waals surface area contributed by atoms with Crippen molar-refractivity contribution in [2.24, 2.45) is 0 Å². The van der Waals surface area contributed by atoms with Gasteiger partial charge in [0.25, 0.3) is 5.91 Å². The van der Waals surface area contributed by atoms with Gasteiger partial charge in [-0.05, 0) is 32.9 Å². The Balaban J connectivity index is 0.00000181. The van der Waals surface area contributed by atoms with E-state index >= 15 is 0 Å². The van der Waals surface area contributed by atoms with Crippen LogP contribution in [0.25, 0.3) is 11.3 Å². The van der Waals surface area contributed by atoms with E-state index in [9.17, 15) is 19.5 Å². The van der Waals surface area contributed by atoms with E-state index in [4.69, 9.17) is 27.7 Å². The van der Waals surface area contributed by atoms with Crippen molar-refractivity contribution >= 4 is 82.3 Å². The summed E-state index contributed by atoms with van der Waals surface area (Å²) in [4.78, 5) is 38.7. The van der Waals surface area contributed by atoms with Crippen LogP contribution in [0, 0.1) is 6.92 Å². The summed E-state index contributed by atoms with van der Waals surface area (Å²) in [6.45, 7) is 5.10. The van der Waals surface area contributed by atoms with Gasteiger partial charge in [-0.25, -0.2) is 4.79 Å². The molecular weight excluding hydrogens is 492 g/mol. The zero-order valence-electron chi connectivity index (χ0n) is 17.6. The van der Waals surface area contributed by atoms with Gasteiger partial charge in [-0.1, -0.05) is 34.4 Å².